The molecule has 2 fully saturated rings. The summed E-state index contributed by atoms with van der Waals surface area (Å²) in [5, 5.41) is 3.76. The molecule has 1 aliphatic heterocycles. The van der Waals surface area contributed by atoms with Crippen LogP contribution in [0.25, 0.3) is 0 Å². The van der Waals surface area contributed by atoms with Crippen molar-refractivity contribution in [1.82, 2.24) is 5.32 Å². The zero-order valence-electron chi connectivity index (χ0n) is 12.2. The van der Waals surface area contributed by atoms with E-state index in [4.69, 9.17) is 9.47 Å². The van der Waals surface area contributed by atoms with Crippen LogP contribution in [0.15, 0.2) is 16.6 Å². The molecule has 4 heteroatoms. The Morgan fingerprint density at radius 2 is 2.05 bits per heavy atom. The van der Waals surface area contributed by atoms with Crippen LogP contribution in [-0.4, -0.2) is 19.3 Å². The number of fused-ring (bicyclic) bond motifs is 3. The Morgan fingerprint density at radius 1 is 1.14 bits per heavy atom. The van der Waals surface area contributed by atoms with E-state index in [9.17, 15) is 0 Å². The van der Waals surface area contributed by atoms with Gasteiger partial charge in [0.2, 0.25) is 0 Å². The monoisotopic (exact) mass is 351 g/mol. The summed E-state index contributed by atoms with van der Waals surface area (Å²) in [5.41, 5.74) is 1.27. The maximum Gasteiger partial charge on any atom is 0.175 e. The molecule has 3 unspecified atom stereocenters. The zero-order valence-corrected chi connectivity index (χ0v) is 13.8. The van der Waals surface area contributed by atoms with Gasteiger partial charge in [-0.3, -0.25) is 0 Å². The Hall–Kier alpha value is -0.740. The fraction of sp³-hybridized carbons (Fsp3) is 0.647. The van der Waals surface area contributed by atoms with Crippen molar-refractivity contribution >= 4 is 15.9 Å². The number of ether oxygens (including phenoxy) is 2. The molecule has 3 nitrogen and oxygen atoms in total. The molecule has 1 aromatic carbocycles. The Kier molecular flexibility index (Phi) is 3.84. The standard InChI is InChI=1S/C17H22BrNO2/c18-14-7-12(9-16-17(14)21-5-1-4-20-16)10-19-15-8-11-2-3-13(15)6-11/h7,9,11,13,15,19H,1-6,8,10H2. The zero-order chi connectivity index (χ0) is 14.2. The minimum absolute atomic E-state index is 0.721. The Labute approximate surface area is 134 Å². The number of nitrogens with one attached hydrogen (secondary N) is 1. The maximum absolute atomic E-state index is 5.81. The summed E-state index contributed by atoms with van der Waals surface area (Å²) >= 11 is 3.62. The van der Waals surface area contributed by atoms with Crippen LogP contribution in [0.1, 0.15) is 37.7 Å². The summed E-state index contributed by atoms with van der Waals surface area (Å²) in [4.78, 5) is 0. The van der Waals surface area contributed by atoms with Crippen molar-refractivity contribution < 1.29 is 9.47 Å². The van der Waals surface area contributed by atoms with Gasteiger partial charge in [-0.1, -0.05) is 6.42 Å². The average Bonchev–Trinajstić information content (AvgIpc) is 3.01. The summed E-state index contributed by atoms with van der Waals surface area (Å²) < 4.78 is 12.6. The SMILES string of the molecule is Brc1cc(CNC2CC3CCC2C3)cc2c1OCCCO2. The topological polar surface area (TPSA) is 30.5 Å². The minimum atomic E-state index is 0.721. The summed E-state index contributed by atoms with van der Waals surface area (Å²) in [6.07, 6.45) is 6.64. The van der Waals surface area contributed by atoms with Gasteiger partial charge in [0.05, 0.1) is 17.7 Å². The smallest absolute Gasteiger partial charge is 0.175 e. The molecule has 1 aromatic rings. The van der Waals surface area contributed by atoms with E-state index in [0.717, 1.165) is 60.0 Å². The van der Waals surface area contributed by atoms with E-state index in [-0.39, 0.29) is 0 Å². The van der Waals surface area contributed by atoms with Crippen molar-refractivity contribution in [3.63, 3.8) is 0 Å². The van der Waals surface area contributed by atoms with E-state index in [1.807, 2.05) is 0 Å². The molecule has 0 amide bonds. The maximum atomic E-state index is 5.81. The number of halogens is 1. The third kappa shape index (κ3) is 2.80. The molecule has 3 aliphatic rings. The van der Waals surface area contributed by atoms with Crippen LogP contribution >= 0.6 is 15.9 Å². The largest absolute Gasteiger partial charge is 0.490 e. The van der Waals surface area contributed by atoms with Gasteiger partial charge in [-0.05, 0) is 64.7 Å². The van der Waals surface area contributed by atoms with Gasteiger partial charge in [0, 0.05) is 19.0 Å². The molecule has 2 saturated carbocycles. The highest BCUT2D eigenvalue weighted by Gasteiger charge is 2.38. The van der Waals surface area contributed by atoms with E-state index in [1.165, 1.54) is 31.2 Å². The van der Waals surface area contributed by atoms with E-state index in [1.54, 1.807) is 0 Å². The van der Waals surface area contributed by atoms with Gasteiger partial charge in [-0.15, -0.1) is 0 Å². The molecule has 2 aliphatic carbocycles. The van der Waals surface area contributed by atoms with Crippen LogP contribution in [0.2, 0.25) is 0 Å². The Balaban J connectivity index is 1.45. The molecule has 3 atom stereocenters. The number of hydrogen-bond donors (Lipinski definition) is 1. The molecule has 1 N–H and O–H groups in total. The highest BCUT2D eigenvalue weighted by molar-refractivity contribution is 9.10. The van der Waals surface area contributed by atoms with Crippen LogP contribution < -0.4 is 14.8 Å². The third-order valence-corrected chi connectivity index (χ3v) is 5.76. The van der Waals surface area contributed by atoms with Crippen LogP contribution in [0.3, 0.4) is 0 Å². The summed E-state index contributed by atoms with van der Waals surface area (Å²) in [7, 11) is 0. The van der Waals surface area contributed by atoms with Gasteiger partial charge >= 0.3 is 0 Å². The first-order chi connectivity index (χ1) is 10.3. The van der Waals surface area contributed by atoms with Gasteiger partial charge < -0.3 is 14.8 Å². The second kappa shape index (κ2) is 5.81. The van der Waals surface area contributed by atoms with Gasteiger partial charge in [0.1, 0.15) is 0 Å². The lowest BCUT2D eigenvalue weighted by Gasteiger charge is -2.23. The van der Waals surface area contributed by atoms with E-state index >= 15 is 0 Å². The highest BCUT2D eigenvalue weighted by atomic mass is 79.9. The van der Waals surface area contributed by atoms with Crippen molar-refractivity contribution in [3.8, 4) is 11.5 Å². The molecule has 0 saturated heterocycles. The molecular formula is C17H22BrNO2. The molecule has 4 rings (SSSR count). The Morgan fingerprint density at radius 3 is 2.86 bits per heavy atom. The van der Waals surface area contributed by atoms with Crippen molar-refractivity contribution in [2.75, 3.05) is 13.2 Å². The van der Waals surface area contributed by atoms with Gasteiger partial charge in [-0.25, -0.2) is 0 Å². The summed E-state index contributed by atoms with van der Waals surface area (Å²) in [5.74, 6) is 3.64. The molecular weight excluding hydrogens is 330 g/mol. The first kappa shape index (κ1) is 13.9. The fourth-order valence-corrected chi connectivity index (χ4v) is 4.73. The molecule has 1 heterocycles. The van der Waals surface area contributed by atoms with E-state index < -0.39 is 0 Å². The molecule has 21 heavy (non-hydrogen) atoms. The second-order valence-electron chi connectivity index (χ2n) is 6.62. The average molecular weight is 352 g/mol. The third-order valence-electron chi connectivity index (χ3n) is 5.17. The number of benzene rings is 1. The summed E-state index contributed by atoms with van der Waals surface area (Å²) in [6.45, 7) is 2.39. The van der Waals surface area contributed by atoms with Gasteiger partial charge in [0.25, 0.3) is 0 Å². The van der Waals surface area contributed by atoms with Crippen molar-refractivity contribution in [2.24, 2.45) is 11.8 Å². The first-order valence-electron chi connectivity index (χ1n) is 8.11. The van der Waals surface area contributed by atoms with Crippen LogP contribution in [0.5, 0.6) is 11.5 Å². The molecule has 114 valence electrons. The lowest BCUT2D eigenvalue weighted by molar-refractivity contribution is 0.296. The highest BCUT2D eigenvalue weighted by Crippen LogP contribution is 2.44. The minimum Gasteiger partial charge on any atom is -0.490 e. The van der Waals surface area contributed by atoms with Crippen molar-refractivity contribution in [1.29, 1.82) is 0 Å². The Bertz CT molecular complexity index is 534. The van der Waals surface area contributed by atoms with Crippen molar-refractivity contribution in [2.45, 2.75) is 44.7 Å². The number of rotatable bonds is 3. The second-order valence-corrected chi connectivity index (χ2v) is 7.47. The van der Waals surface area contributed by atoms with Crippen LogP contribution in [0, 0.1) is 11.8 Å². The van der Waals surface area contributed by atoms with Crippen LogP contribution in [0.4, 0.5) is 0 Å². The normalized spacial score (nSPS) is 30.4. The predicted octanol–water partition coefficient (Wildman–Crippen LogP) is 3.89. The fourth-order valence-electron chi connectivity index (χ4n) is 4.13. The van der Waals surface area contributed by atoms with Gasteiger partial charge in [-0.2, -0.15) is 0 Å². The van der Waals surface area contributed by atoms with Crippen LogP contribution in [-0.2, 0) is 6.54 Å². The van der Waals surface area contributed by atoms with E-state index in [0.29, 0.717) is 0 Å². The van der Waals surface area contributed by atoms with E-state index in [2.05, 4.69) is 33.4 Å². The first-order valence-corrected chi connectivity index (χ1v) is 8.90. The lowest BCUT2D eigenvalue weighted by Crippen LogP contribution is -2.33. The lowest BCUT2D eigenvalue weighted by atomic mass is 9.95. The number of hydrogen-bond acceptors (Lipinski definition) is 3. The van der Waals surface area contributed by atoms with Gasteiger partial charge in [0.15, 0.2) is 11.5 Å². The molecule has 0 spiro atoms. The molecule has 2 bridgehead atoms. The quantitative estimate of drug-likeness (QED) is 0.895. The molecule has 0 aromatic heterocycles. The predicted molar refractivity (Wildman–Crippen MR) is 85.8 cm³/mol. The summed E-state index contributed by atoms with van der Waals surface area (Å²) in [6, 6.07) is 5.01. The van der Waals surface area contributed by atoms with Crippen molar-refractivity contribution in [3.05, 3.63) is 22.2 Å². The molecule has 0 radical (unpaired) electrons.